The van der Waals surface area contributed by atoms with E-state index in [0.29, 0.717) is 32.1 Å². The van der Waals surface area contributed by atoms with Crippen molar-refractivity contribution in [3.63, 3.8) is 0 Å². The first-order chi connectivity index (χ1) is 11.9. The lowest BCUT2D eigenvalue weighted by Gasteiger charge is -2.29. The molecule has 0 spiro atoms. The Labute approximate surface area is 147 Å². The summed E-state index contributed by atoms with van der Waals surface area (Å²) in [5.74, 6) is -0.0248. The third-order valence-electron chi connectivity index (χ3n) is 4.55. The Balaban J connectivity index is 1.77. The van der Waals surface area contributed by atoms with Gasteiger partial charge < -0.3 is 15.2 Å². The topological polar surface area (TPSA) is 102 Å². The smallest absolute Gasteiger partial charge is 0.255 e. The number of fused-ring (bicyclic) bond motifs is 3. The predicted molar refractivity (Wildman–Crippen MR) is 90.6 cm³/mol. The van der Waals surface area contributed by atoms with Gasteiger partial charge in [-0.15, -0.1) is 0 Å². The van der Waals surface area contributed by atoms with E-state index in [1.54, 1.807) is 4.31 Å². The summed E-state index contributed by atoms with van der Waals surface area (Å²) in [6.07, 6.45) is 0. The highest BCUT2D eigenvalue weighted by molar-refractivity contribution is 7.89. The van der Waals surface area contributed by atoms with E-state index in [4.69, 9.17) is 15.2 Å². The third-order valence-corrected chi connectivity index (χ3v) is 6.40. The van der Waals surface area contributed by atoms with Gasteiger partial charge >= 0.3 is 0 Å². The number of benzene rings is 1. The summed E-state index contributed by atoms with van der Waals surface area (Å²) in [6, 6.07) is 6.10. The van der Waals surface area contributed by atoms with Crippen molar-refractivity contribution in [2.24, 2.45) is 11.7 Å². The molecule has 0 saturated carbocycles. The Morgan fingerprint density at radius 2 is 1.96 bits per heavy atom. The van der Waals surface area contributed by atoms with Crippen LogP contribution in [0.5, 0.6) is 5.75 Å². The number of nitrogens with two attached hydrogens (primary N) is 1. The molecule has 2 N–H and O–H groups in total. The first-order valence-electron chi connectivity index (χ1n) is 8.15. The Bertz CT molecular complexity index is 722. The molecule has 2 aliphatic rings. The highest BCUT2D eigenvalue weighted by atomic mass is 32.2. The molecule has 1 aromatic carbocycles. The van der Waals surface area contributed by atoms with Crippen LogP contribution in [-0.2, 0) is 19.6 Å². The quantitative estimate of drug-likeness (QED) is 0.751. The van der Waals surface area contributed by atoms with Gasteiger partial charge in [-0.05, 0) is 31.3 Å². The highest BCUT2D eigenvalue weighted by Crippen LogP contribution is 2.25. The normalized spacial score (nSPS) is 25.3. The van der Waals surface area contributed by atoms with E-state index < -0.39 is 15.9 Å². The van der Waals surface area contributed by atoms with Gasteiger partial charge in [0.1, 0.15) is 5.75 Å². The zero-order valence-electron chi connectivity index (χ0n) is 14.1. The van der Waals surface area contributed by atoms with Crippen LogP contribution < -0.4 is 10.5 Å². The van der Waals surface area contributed by atoms with E-state index >= 15 is 0 Å². The molecule has 2 aliphatic heterocycles. The summed E-state index contributed by atoms with van der Waals surface area (Å²) in [6.45, 7) is 2.56. The monoisotopic (exact) mass is 369 g/mol. The molecule has 0 aromatic heterocycles. The SMILES string of the molecule is CN1C[C@H]2COC[C@@H]1CN(S(=O)(=O)c1ccc(OCC(N)=O)cc1)C2. The van der Waals surface area contributed by atoms with Gasteiger partial charge in [-0.3, -0.25) is 9.69 Å². The Morgan fingerprint density at radius 3 is 2.64 bits per heavy atom. The van der Waals surface area contributed by atoms with Crippen LogP contribution in [-0.4, -0.2) is 76.1 Å². The summed E-state index contributed by atoms with van der Waals surface area (Å²) in [4.78, 5) is 13.1. The number of hydrogen-bond donors (Lipinski definition) is 1. The number of rotatable bonds is 5. The van der Waals surface area contributed by atoms with E-state index in [9.17, 15) is 13.2 Å². The maximum absolute atomic E-state index is 13.0. The lowest BCUT2D eigenvalue weighted by atomic mass is 10.1. The number of sulfonamides is 1. The number of amides is 1. The zero-order valence-corrected chi connectivity index (χ0v) is 14.9. The summed E-state index contributed by atoms with van der Waals surface area (Å²) < 4.78 is 38.4. The minimum Gasteiger partial charge on any atom is -0.484 e. The van der Waals surface area contributed by atoms with Crippen LogP contribution in [0.25, 0.3) is 0 Å². The average Bonchev–Trinajstić information content (AvgIpc) is 2.82. The van der Waals surface area contributed by atoms with Gasteiger partial charge in [-0.25, -0.2) is 8.42 Å². The van der Waals surface area contributed by atoms with Crippen LogP contribution in [0, 0.1) is 5.92 Å². The van der Waals surface area contributed by atoms with Crippen LogP contribution in [0.3, 0.4) is 0 Å². The molecular weight excluding hydrogens is 346 g/mol. The Kier molecular flexibility index (Phi) is 5.28. The molecule has 2 atom stereocenters. The molecule has 0 radical (unpaired) electrons. The number of likely N-dealkylation sites (N-methyl/N-ethyl adjacent to an activating group) is 1. The number of hydrogen-bond acceptors (Lipinski definition) is 6. The maximum Gasteiger partial charge on any atom is 0.255 e. The van der Waals surface area contributed by atoms with E-state index in [-0.39, 0.29) is 23.5 Å². The fourth-order valence-corrected chi connectivity index (χ4v) is 4.77. The molecular formula is C16H23N3O5S. The fourth-order valence-electron chi connectivity index (χ4n) is 3.21. The minimum atomic E-state index is -3.59. The van der Waals surface area contributed by atoms with Crippen LogP contribution in [0.15, 0.2) is 29.2 Å². The number of carbonyl (C=O) groups is 1. The zero-order chi connectivity index (χ0) is 18.0. The third kappa shape index (κ3) is 4.12. The second-order valence-electron chi connectivity index (χ2n) is 6.55. The molecule has 2 fully saturated rings. The van der Waals surface area contributed by atoms with Crippen molar-refractivity contribution in [2.45, 2.75) is 10.9 Å². The second kappa shape index (κ2) is 7.28. The average molecular weight is 369 g/mol. The lowest BCUT2D eigenvalue weighted by Crippen LogP contribution is -2.44. The summed E-state index contributed by atoms with van der Waals surface area (Å²) >= 11 is 0. The van der Waals surface area contributed by atoms with Gasteiger partial charge in [-0.2, -0.15) is 4.31 Å². The van der Waals surface area contributed by atoms with Crippen LogP contribution in [0.1, 0.15) is 0 Å². The van der Waals surface area contributed by atoms with Crippen LogP contribution >= 0.6 is 0 Å². The number of carbonyl (C=O) groups excluding carboxylic acids is 1. The van der Waals surface area contributed by atoms with Gasteiger partial charge in [0, 0.05) is 31.6 Å². The first kappa shape index (κ1) is 18.1. The molecule has 0 aliphatic carbocycles. The predicted octanol–water partition coefficient (Wildman–Crippen LogP) is -0.498. The number of nitrogens with zero attached hydrogens (tertiary/aromatic N) is 2. The molecule has 2 saturated heterocycles. The summed E-state index contributed by atoms with van der Waals surface area (Å²) in [7, 11) is -1.59. The maximum atomic E-state index is 13.0. The van der Waals surface area contributed by atoms with Crippen molar-refractivity contribution in [1.82, 2.24) is 9.21 Å². The van der Waals surface area contributed by atoms with E-state index in [1.807, 2.05) is 7.05 Å². The van der Waals surface area contributed by atoms with Gasteiger partial charge in [0.05, 0.1) is 18.1 Å². The van der Waals surface area contributed by atoms with Crippen molar-refractivity contribution >= 4 is 15.9 Å². The van der Waals surface area contributed by atoms with Gasteiger partial charge in [0.2, 0.25) is 10.0 Å². The molecule has 8 nitrogen and oxygen atoms in total. The van der Waals surface area contributed by atoms with Gasteiger partial charge in [0.15, 0.2) is 6.61 Å². The molecule has 25 heavy (non-hydrogen) atoms. The van der Waals surface area contributed by atoms with E-state index in [0.717, 1.165) is 6.54 Å². The second-order valence-corrected chi connectivity index (χ2v) is 8.48. The molecule has 9 heteroatoms. The van der Waals surface area contributed by atoms with Crippen molar-refractivity contribution in [2.75, 3.05) is 46.5 Å². The van der Waals surface area contributed by atoms with E-state index in [2.05, 4.69) is 4.90 Å². The van der Waals surface area contributed by atoms with Crippen molar-refractivity contribution < 1.29 is 22.7 Å². The largest absolute Gasteiger partial charge is 0.484 e. The summed E-state index contributed by atoms with van der Waals surface area (Å²) in [5, 5.41) is 0. The molecule has 138 valence electrons. The molecule has 3 rings (SSSR count). The standard InChI is InChI=1S/C16H23N3O5S/c1-18-6-12-7-19(8-13(18)10-23-9-12)25(21,22)15-4-2-14(3-5-15)24-11-16(17)20/h2-5,12-13H,6-11H2,1H3,(H2,17,20)/t12-,13+/m1/s1. The van der Waals surface area contributed by atoms with Gasteiger partial charge in [-0.1, -0.05) is 0 Å². The summed E-state index contributed by atoms with van der Waals surface area (Å²) in [5.41, 5.74) is 5.03. The molecule has 1 amide bonds. The van der Waals surface area contributed by atoms with Crippen molar-refractivity contribution in [3.8, 4) is 5.75 Å². The lowest BCUT2D eigenvalue weighted by molar-refractivity contribution is -0.119. The Hall–Kier alpha value is -1.68. The molecule has 2 bridgehead atoms. The molecule has 0 unspecified atom stereocenters. The van der Waals surface area contributed by atoms with Gasteiger partial charge in [0.25, 0.3) is 5.91 Å². The molecule has 2 heterocycles. The fraction of sp³-hybridized carbons (Fsp3) is 0.562. The van der Waals surface area contributed by atoms with Crippen LogP contribution in [0.4, 0.5) is 0 Å². The Morgan fingerprint density at radius 1 is 1.24 bits per heavy atom. The number of primary amides is 1. The van der Waals surface area contributed by atoms with E-state index in [1.165, 1.54) is 24.3 Å². The highest BCUT2D eigenvalue weighted by Gasteiger charge is 2.36. The minimum absolute atomic E-state index is 0.0560. The van der Waals surface area contributed by atoms with Crippen molar-refractivity contribution in [3.05, 3.63) is 24.3 Å². The molecule has 1 aromatic rings. The van der Waals surface area contributed by atoms with Crippen molar-refractivity contribution in [1.29, 1.82) is 0 Å². The first-order valence-corrected chi connectivity index (χ1v) is 9.59. The van der Waals surface area contributed by atoms with Crippen LogP contribution in [0.2, 0.25) is 0 Å². The number of ether oxygens (including phenoxy) is 2.